The van der Waals surface area contributed by atoms with Crippen molar-refractivity contribution in [3.63, 3.8) is 0 Å². The van der Waals surface area contributed by atoms with Crippen LogP contribution in [0.25, 0.3) is 0 Å². The fourth-order valence-electron chi connectivity index (χ4n) is 2.24. The van der Waals surface area contributed by atoms with Gasteiger partial charge in [-0.05, 0) is 26.3 Å². The molecular formula is C15H23N5O2. The molecule has 1 fully saturated rings. The molecular weight excluding hydrogens is 282 g/mol. The van der Waals surface area contributed by atoms with Crippen LogP contribution in [-0.4, -0.2) is 59.4 Å². The van der Waals surface area contributed by atoms with Crippen molar-refractivity contribution < 1.29 is 9.59 Å². The Bertz CT molecular complexity index is 541. The van der Waals surface area contributed by atoms with Crippen molar-refractivity contribution in [2.24, 2.45) is 0 Å². The third kappa shape index (κ3) is 3.93. The molecule has 1 unspecified atom stereocenters. The molecule has 22 heavy (non-hydrogen) atoms. The maximum Gasteiger partial charge on any atom is 0.270 e. The summed E-state index contributed by atoms with van der Waals surface area (Å²) in [6.45, 7) is 8.49. The molecule has 0 saturated carbocycles. The summed E-state index contributed by atoms with van der Waals surface area (Å²) in [5.41, 5.74) is 1.15. The normalized spacial score (nSPS) is 16.3. The van der Waals surface area contributed by atoms with Crippen LogP contribution in [0.15, 0.2) is 6.07 Å². The Kier molecular flexibility index (Phi) is 5.30. The molecule has 1 atom stereocenters. The van der Waals surface area contributed by atoms with E-state index in [0.29, 0.717) is 37.8 Å². The number of hydrogen-bond acceptors (Lipinski definition) is 5. The Morgan fingerprint density at radius 2 is 2.05 bits per heavy atom. The number of piperazine rings is 1. The van der Waals surface area contributed by atoms with Gasteiger partial charge in [-0.2, -0.15) is 0 Å². The number of hydrogen-bond donors (Lipinski definition) is 1. The Morgan fingerprint density at radius 3 is 2.64 bits per heavy atom. The van der Waals surface area contributed by atoms with E-state index in [1.807, 2.05) is 25.7 Å². The first-order valence-electron chi connectivity index (χ1n) is 7.64. The van der Waals surface area contributed by atoms with Gasteiger partial charge in [0.15, 0.2) is 0 Å². The number of aromatic nitrogens is 2. The summed E-state index contributed by atoms with van der Waals surface area (Å²) >= 11 is 0. The Morgan fingerprint density at radius 1 is 1.36 bits per heavy atom. The van der Waals surface area contributed by atoms with E-state index in [2.05, 4.69) is 15.3 Å². The second kappa shape index (κ2) is 7.20. The van der Waals surface area contributed by atoms with E-state index >= 15 is 0 Å². The van der Waals surface area contributed by atoms with Gasteiger partial charge < -0.3 is 15.1 Å². The largest absolute Gasteiger partial charge is 0.348 e. The number of aryl methyl sites for hydroxylation is 1. The van der Waals surface area contributed by atoms with Gasteiger partial charge in [0.2, 0.25) is 12.4 Å². The van der Waals surface area contributed by atoms with Gasteiger partial charge >= 0.3 is 0 Å². The van der Waals surface area contributed by atoms with Gasteiger partial charge in [-0.3, -0.25) is 9.59 Å². The van der Waals surface area contributed by atoms with E-state index in [4.69, 9.17) is 0 Å². The number of nitrogens with one attached hydrogen (secondary N) is 1. The minimum atomic E-state index is -0.173. The van der Waals surface area contributed by atoms with Crippen LogP contribution in [0.1, 0.15) is 36.5 Å². The average Bonchev–Trinajstić information content (AvgIpc) is 2.54. The summed E-state index contributed by atoms with van der Waals surface area (Å²) in [6.07, 6.45) is 1.73. The highest BCUT2D eigenvalue weighted by molar-refractivity contribution is 5.92. The van der Waals surface area contributed by atoms with Gasteiger partial charge in [0.25, 0.3) is 5.91 Å². The van der Waals surface area contributed by atoms with Crippen LogP contribution >= 0.6 is 0 Å². The second-order valence-corrected chi connectivity index (χ2v) is 5.61. The van der Waals surface area contributed by atoms with Crippen LogP contribution in [0.5, 0.6) is 0 Å². The zero-order valence-corrected chi connectivity index (χ0v) is 13.4. The standard InChI is InChI=1S/C15H23N5O2/c1-4-11(2)16-14(22)13-9-12(3)17-15(18-13)20-7-5-19(10-21)6-8-20/h9-11H,4-8H2,1-3H3,(H,16,22). The molecule has 120 valence electrons. The highest BCUT2D eigenvalue weighted by Gasteiger charge is 2.20. The molecule has 0 radical (unpaired) electrons. The molecule has 2 heterocycles. The van der Waals surface area contributed by atoms with E-state index in [0.717, 1.165) is 18.5 Å². The van der Waals surface area contributed by atoms with Crippen LogP contribution in [0, 0.1) is 6.92 Å². The van der Waals surface area contributed by atoms with Crippen LogP contribution in [-0.2, 0) is 4.79 Å². The summed E-state index contributed by atoms with van der Waals surface area (Å²) in [6, 6.07) is 1.81. The lowest BCUT2D eigenvalue weighted by molar-refractivity contribution is -0.118. The topological polar surface area (TPSA) is 78.4 Å². The fourth-order valence-corrected chi connectivity index (χ4v) is 2.24. The molecule has 2 amide bonds. The first-order valence-corrected chi connectivity index (χ1v) is 7.64. The zero-order valence-electron chi connectivity index (χ0n) is 13.4. The third-order valence-corrected chi connectivity index (χ3v) is 3.81. The first kappa shape index (κ1) is 16.2. The highest BCUT2D eigenvalue weighted by Crippen LogP contribution is 2.13. The molecule has 0 bridgehead atoms. The molecule has 1 saturated heterocycles. The van der Waals surface area contributed by atoms with Crippen LogP contribution in [0.2, 0.25) is 0 Å². The van der Waals surface area contributed by atoms with Crippen molar-refractivity contribution in [1.82, 2.24) is 20.2 Å². The number of carbonyl (C=O) groups excluding carboxylic acids is 2. The fraction of sp³-hybridized carbons (Fsp3) is 0.600. The maximum absolute atomic E-state index is 12.2. The van der Waals surface area contributed by atoms with E-state index < -0.39 is 0 Å². The summed E-state index contributed by atoms with van der Waals surface area (Å²) in [5, 5.41) is 2.92. The molecule has 0 aromatic carbocycles. The molecule has 1 aromatic heterocycles. The lowest BCUT2D eigenvalue weighted by Crippen LogP contribution is -2.46. The van der Waals surface area contributed by atoms with Gasteiger partial charge in [-0.25, -0.2) is 9.97 Å². The van der Waals surface area contributed by atoms with E-state index in [1.165, 1.54) is 0 Å². The van der Waals surface area contributed by atoms with Gasteiger partial charge in [-0.1, -0.05) is 6.92 Å². The van der Waals surface area contributed by atoms with Crippen molar-refractivity contribution in [2.75, 3.05) is 31.1 Å². The zero-order chi connectivity index (χ0) is 16.1. The Labute approximate surface area is 130 Å². The van der Waals surface area contributed by atoms with Crippen molar-refractivity contribution in [3.05, 3.63) is 17.5 Å². The SMILES string of the molecule is CCC(C)NC(=O)c1cc(C)nc(N2CCN(C=O)CC2)n1. The average molecular weight is 305 g/mol. The number of nitrogens with zero attached hydrogens (tertiary/aromatic N) is 4. The lowest BCUT2D eigenvalue weighted by Gasteiger charge is -2.32. The van der Waals surface area contributed by atoms with Gasteiger partial charge in [0.05, 0.1) is 0 Å². The minimum absolute atomic E-state index is 0.113. The van der Waals surface area contributed by atoms with Crippen LogP contribution in [0.4, 0.5) is 5.95 Å². The summed E-state index contributed by atoms with van der Waals surface area (Å²) in [7, 11) is 0. The molecule has 7 heteroatoms. The van der Waals surface area contributed by atoms with Crippen molar-refractivity contribution in [3.8, 4) is 0 Å². The lowest BCUT2D eigenvalue weighted by atomic mass is 10.2. The monoisotopic (exact) mass is 305 g/mol. The third-order valence-electron chi connectivity index (χ3n) is 3.81. The van der Waals surface area contributed by atoms with Crippen LogP contribution < -0.4 is 10.2 Å². The molecule has 1 aliphatic rings. The van der Waals surface area contributed by atoms with Crippen molar-refractivity contribution >= 4 is 18.3 Å². The first-order chi connectivity index (χ1) is 10.5. The molecule has 1 aliphatic heterocycles. The summed E-state index contributed by atoms with van der Waals surface area (Å²) in [5.74, 6) is 0.382. The van der Waals surface area contributed by atoms with Crippen LogP contribution in [0.3, 0.4) is 0 Å². The quantitative estimate of drug-likeness (QED) is 0.806. The predicted octanol–water partition coefficient (Wildman–Crippen LogP) is 0.592. The van der Waals surface area contributed by atoms with Crippen molar-refractivity contribution in [2.45, 2.75) is 33.2 Å². The van der Waals surface area contributed by atoms with Gasteiger partial charge in [0.1, 0.15) is 5.69 Å². The van der Waals surface area contributed by atoms with E-state index in [1.54, 1.807) is 11.0 Å². The summed E-state index contributed by atoms with van der Waals surface area (Å²) in [4.78, 5) is 35.5. The maximum atomic E-state index is 12.2. The highest BCUT2D eigenvalue weighted by atomic mass is 16.2. The molecule has 0 aliphatic carbocycles. The smallest absolute Gasteiger partial charge is 0.270 e. The molecule has 7 nitrogen and oxygen atoms in total. The van der Waals surface area contributed by atoms with Gasteiger partial charge in [-0.15, -0.1) is 0 Å². The minimum Gasteiger partial charge on any atom is -0.348 e. The second-order valence-electron chi connectivity index (χ2n) is 5.61. The molecule has 0 spiro atoms. The molecule has 1 aromatic rings. The Hall–Kier alpha value is -2.18. The van der Waals surface area contributed by atoms with Gasteiger partial charge in [0, 0.05) is 37.9 Å². The van der Waals surface area contributed by atoms with Crippen molar-refractivity contribution in [1.29, 1.82) is 0 Å². The van der Waals surface area contributed by atoms with E-state index in [-0.39, 0.29) is 11.9 Å². The Balaban J connectivity index is 2.13. The molecule has 1 N–H and O–H groups in total. The molecule has 2 rings (SSSR count). The predicted molar refractivity (Wildman–Crippen MR) is 83.8 cm³/mol. The number of anilines is 1. The number of rotatable bonds is 5. The summed E-state index contributed by atoms with van der Waals surface area (Å²) < 4.78 is 0. The number of carbonyl (C=O) groups is 2. The number of amides is 2. The van der Waals surface area contributed by atoms with E-state index in [9.17, 15) is 9.59 Å².